The molecular weight excluding hydrogens is 202 g/mol. The Balaban J connectivity index is 2.33. The summed E-state index contributed by atoms with van der Waals surface area (Å²) >= 11 is 0. The molecule has 90 valence electrons. The SMILES string of the molecule is CCNc1cc(NCCOC(C)C)ccn1. The van der Waals surface area contributed by atoms with Crippen LogP contribution in [0.3, 0.4) is 0 Å². The van der Waals surface area contributed by atoms with E-state index >= 15 is 0 Å². The van der Waals surface area contributed by atoms with Gasteiger partial charge in [-0.1, -0.05) is 0 Å². The fourth-order valence-corrected chi connectivity index (χ4v) is 1.31. The average molecular weight is 223 g/mol. The maximum atomic E-state index is 5.45. The first kappa shape index (κ1) is 12.8. The summed E-state index contributed by atoms with van der Waals surface area (Å²) in [5.74, 6) is 0.900. The van der Waals surface area contributed by atoms with E-state index in [4.69, 9.17) is 4.74 Å². The molecule has 0 spiro atoms. The van der Waals surface area contributed by atoms with Gasteiger partial charge >= 0.3 is 0 Å². The molecule has 0 saturated heterocycles. The molecule has 0 unspecified atom stereocenters. The Morgan fingerprint density at radius 3 is 2.88 bits per heavy atom. The van der Waals surface area contributed by atoms with Gasteiger partial charge < -0.3 is 15.4 Å². The highest BCUT2D eigenvalue weighted by atomic mass is 16.5. The zero-order valence-electron chi connectivity index (χ0n) is 10.3. The molecule has 0 atom stereocenters. The van der Waals surface area contributed by atoms with Gasteiger partial charge in [-0.05, 0) is 26.8 Å². The zero-order valence-corrected chi connectivity index (χ0v) is 10.3. The van der Waals surface area contributed by atoms with Gasteiger partial charge in [0.15, 0.2) is 0 Å². The predicted molar refractivity (Wildman–Crippen MR) is 68.0 cm³/mol. The summed E-state index contributed by atoms with van der Waals surface area (Å²) in [6.45, 7) is 8.54. The van der Waals surface area contributed by atoms with Crippen LogP contribution in [0.5, 0.6) is 0 Å². The second kappa shape index (κ2) is 7.06. The lowest BCUT2D eigenvalue weighted by Crippen LogP contribution is -2.13. The molecular formula is C12H21N3O. The van der Waals surface area contributed by atoms with Gasteiger partial charge in [0, 0.05) is 31.0 Å². The third-order valence-corrected chi connectivity index (χ3v) is 2.00. The second-order valence-corrected chi connectivity index (χ2v) is 3.81. The van der Waals surface area contributed by atoms with Crippen molar-refractivity contribution < 1.29 is 4.74 Å². The van der Waals surface area contributed by atoms with Crippen LogP contribution < -0.4 is 10.6 Å². The van der Waals surface area contributed by atoms with Gasteiger partial charge in [0.05, 0.1) is 12.7 Å². The predicted octanol–water partition coefficient (Wildman–Crippen LogP) is 2.35. The Morgan fingerprint density at radius 2 is 2.19 bits per heavy atom. The Labute approximate surface area is 97.4 Å². The Kier molecular flexibility index (Phi) is 5.64. The van der Waals surface area contributed by atoms with E-state index in [9.17, 15) is 0 Å². The number of nitrogens with zero attached hydrogens (tertiary/aromatic N) is 1. The van der Waals surface area contributed by atoms with Gasteiger partial charge in [0.2, 0.25) is 0 Å². The lowest BCUT2D eigenvalue weighted by molar-refractivity contribution is 0.0870. The van der Waals surface area contributed by atoms with Crippen molar-refractivity contribution in [1.82, 2.24) is 4.98 Å². The molecule has 0 aliphatic heterocycles. The molecule has 1 aromatic heterocycles. The molecule has 0 amide bonds. The van der Waals surface area contributed by atoms with E-state index in [0.717, 1.165) is 31.2 Å². The maximum absolute atomic E-state index is 5.45. The molecule has 0 bridgehead atoms. The normalized spacial score (nSPS) is 10.5. The van der Waals surface area contributed by atoms with Crippen LogP contribution in [0.2, 0.25) is 0 Å². The van der Waals surface area contributed by atoms with Crippen LogP contribution in [0.4, 0.5) is 11.5 Å². The molecule has 1 heterocycles. The molecule has 4 nitrogen and oxygen atoms in total. The van der Waals surface area contributed by atoms with Crippen LogP contribution in [0.15, 0.2) is 18.3 Å². The van der Waals surface area contributed by atoms with Gasteiger partial charge in [-0.15, -0.1) is 0 Å². The summed E-state index contributed by atoms with van der Waals surface area (Å²) in [7, 11) is 0. The molecule has 1 rings (SSSR count). The summed E-state index contributed by atoms with van der Waals surface area (Å²) in [6.07, 6.45) is 2.08. The van der Waals surface area contributed by atoms with Crippen molar-refractivity contribution in [2.45, 2.75) is 26.9 Å². The molecule has 0 radical (unpaired) electrons. The molecule has 0 aliphatic rings. The average Bonchev–Trinajstić information content (AvgIpc) is 2.25. The number of hydrogen-bond donors (Lipinski definition) is 2. The minimum absolute atomic E-state index is 0.288. The Morgan fingerprint density at radius 1 is 1.38 bits per heavy atom. The van der Waals surface area contributed by atoms with Crippen LogP contribution >= 0.6 is 0 Å². The van der Waals surface area contributed by atoms with E-state index < -0.39 is 0 Å². The molecule has 0 aromatic carbocycles. The molecule has 1 aromatic rings. The first-order valence-electron chi connectivity index (χ1n) is 5.77. The minimum atomic E-state index is 0.288. The smallest absolute Gasteiger partial charge is 0.127 e. The van der Waals surface area contributed by atoms with Gasteiger partial charge in [0.1, 0.15) is 5.82 Å². The molecule has 0 aliphatic carbocycles. The molecule has 0 saturated carbocycles. The van der Waals surface area contributed by atoms with E-state index in [1.807, 2.05) is 26.0 Å². The zero-order chi connectivity index (χ0) is 11.8. The van der Waals surface area contributed by atoms with E-state index in [-0.39, 0.29) is 6.10 Å². The van der Waals surface area contributed by atoms with Crippen molar-refractivity contribution in [2.24, 2.45) is 0 Å². The van der Waals surface area contributed by atoms with Crippen LogP contribution in [-0.4, -0.2) is 30.8 Å². The van der Waals surface area contributed by atoms with E-state index in [2.05, 4.69) is 22.5 Å². The monoisotopic (exact) mass is 223 g/mol. The van der Waals surface area contributed by atoms with Crippen molar-refractivity contribution >= 4 is 11.5 Å². The summed E-state index contributed by atoms with van der Waals surface area (Å²) < 4.78 is 5.45. The van der Waals surface area contributed by atoms with Crippen LogP contribution in [-0.2, 0) is 4.74 Å². The topological polar surface area (TPSA) is 46.2 Å². The quantitative estimate of drug-likeness (QED) is 0.697. The lowest BCUT2D eigenvalue weighted by Gasteiger charge is -2.10. The molecule has 0 fully saturated rings. The van der Waals surface area contributed by atoms with Crippen LogP contribution in [0, 0.1) is 0 Å². The summed E-state index contributed by atoms with van der Waals surface area (Å²) in [6, 6.07) is 3.95. The molecule has 2 N–H and O–H groups in total. The third-order valence-electron chi connectivity index (χ3n) is 2.00. The minimum Gasteiger partial charge on any atom is -0.383 e. The summed E-state index contributed by atoms with van der Waals surface area (Å²) in [4.78, 5) is 4.20. The fraction of sp³-hybridized carbons (Fsp3) is 0.583. The number of rotatable bonds is 7. The van der Waals surface area contributed by atoms with Crippen molar-refractivity contribution in [3.63, 3.8) is 0 Å². The molecule has 16 heavy (non-hydrogen) atoms. The number of ether oxygens (including phenoxy) is 1. The standard InChI is InChI=1S/C12H21N3O/c1-4-13-12-9-11(5-6-15-12)14-7-8-16-10(2)3/h5-6,9-10H,4,7-8H2,1-3H3,(H2,13,14,15). The number of aromatic nitrogens is 1. The lowest BCUT2D eigenvalue weighted by atomic mass is 10.4. The number of hydrogen-bond acceptors (Lipinski definition) is 4. The maximum Gasteiger partial charge on any atom is 0.127 e. The Hall–Kier alpha value is -1.29. The fourth-order valence-electron chi connectivity index (χ4n) is 1.31. The number of anilines is 2. The highest BCUT2D eigenvalue weighted by Crippen LogP contribution is 2.11. The van der Waals surface area contributed by atoms with E-state index in [0.29, 0.717) is 0 Å². The number of nitrogens with one attached hydrogen (secondary N) is 2. The molecule has 4 heteroatoms. The van der Waals surface area contributed by atoms with Crippen molar-refractivity contribution in [3.8, 4) is 0 Å². The first-order valence-corrected chi connectivity index (χ1v) is 5.77. The van der Waals surface area contributed by atoms with Crippen molar-refractivity contribution in [1.29, 1.82) is 0 Å². The first-order chi connectivity index (χ1) is 7.72. The van der Waals surface area contributed by atoms with Crippen molar-refractivity contribution in [3.05, 3.63) is 18.3 Å². The summed E-state index contributed by atoms with van der Waals surface area (Å²) in [5, 5.41) is 6.47. The number of pyridine rings is 1. The van der Waals surface area contributed by atoms with Gasteiger partial charge in [-0.25, -0.2) is 4.98 Å². The van der Waals surface area contributed by atoms with Gasteiger partial charge in [0.25, 0.3) is 0 Å². The van der Waals surface area contributed by atoms with Gasteiger partial charge in [-0.2, -0.15) is 0 Å². The van der Waals surface area contributed by atoms with Crippen LogP contribution in [0.25, 0.3) is 0 Å². The second-order valence-electron chi connectivity index (χ2n) is 3.81. The Bertz CT molecular complexity index is 302. The highest BCUT2D eigenvalue weighted by Gasteiger charge is 1.96. The largest absolute Gasteiger partial charge is 0.383 e. The van der Waals surface area contributed by atoms with Crippen LogP contribution in [0.1, 0.15) is 20.8 Å². The van der Waals surface area contributed by atoms with Crippen molar-refractivity contribution in [2.75, 3.05) is 30.3 Å². The summed E-state index contributed by atoms with van der Waals surface area (Å²) in [5.41, 5.74) is 1.07. The van der Waals surface area contributed by atoms with E-state index in [1.165, 1.54) is 0 Å². The third kappa shape index (κ3) is 4.98. The van der Waals surface area contributed by atoms with E-state index in [1.54, 1.807) is 6.20 Å². The van der Waals surface area contributed by atoms with Gasteiger partial charge in [-0.3, -0.25) is 0 Å². The highest BCUT2D eigenvalue weighted by molar-refractivity contribution is 5.51.